The maximum Gasteiger partial charge on any atom is 0.212 e. The van der Waals surface area contributed by atoms with Gasteiger partial charge in [0.1, 0.15) is 5.75 Å². The van der Waals surface area contributed by atoms with Gasteiger partial charge in [0.05, 0.1) is 27.5 Å². The molecule has 140 valence electrons. The zero-order valence-corrected chi connectivity index (χ0v) is 16.0. The molecule has 0 bridgehead atoms. The Balaban J connectivity index is 0.000000344. The van der Waals surface area contributed by atoms with Gasteiger partial charge in [0.2, 0.25) is 11.8 Å². The van der Waals surface area contributed by atoms with Crippen LogP contribution in [0.5, 0.6) is 17.5 Å². The zero-order chi connectivity index (χ0) is 19.5. The monoisotopic (exact) mass is 357 g/mol. The third-order valence-corrected chi connectivity index (χ3v) is 2.56. The lowest BCUT2D eigenvalue weighted by atomic mass is 10.5. The molecule has 3 rings (SSSR count). The summed E-state index contributed by atoms with van der Waals surface area (Å²) >= 11 is 0. The van der Waals surface area contributed by atoms with Gasteiger partial charge in [-0.2, -0.15) is 0 Å². The highest BCUT2D eigenvalue weighted by molar-refractivity contribution is 5.14. The summed E-state index contributed by atoms with van der Waals surface area (Å²) in [6.45, 7) is 4.00. The predicted molar refractivity (Wildman–Crippen MR) is 104 cm³/mol. The van der Waals surface area contributed by atoms with Crippen LogP contribution in [-0.4, -0.2) is 36.3 Å². The SMILES string of the molecule is CC.COc1ccccn1.COc1ccccn1.COc1cccnc1. The van der Waals surface area contributed by atoms with Crippen LogP contribution in [-0.2, 0) is 0 Å². The first-order valence-corrected chi connectivity index (χ1v) is 8.14. The average Bonchev–Trinajstić information content (AvgIpc) is 2.77. The molecule has 0 saturated carbocycles. The molecule has 0 atom stereocenters. The van der Waals surface area contributed by atoms with Crippen molar-refractivity contribution in [3.05, 3.63) is 73.3 Å². The van der Waals surface area contributed by atoms with E-state index in [1.807, 2.05) is 50.2 Å². The minimum Gasteiger partial charge on any atom is -0.495 e. The average molecular weight is 357 g/mol. The number of rotatable bonds is 3. The van der Waals surface area contributed by atoms with Crippen LogP contribution in [0.25, 0.3) is 0 Å². The number of hydrogen-bond acceptors (Lipinski definition) is 6. The second-order valence-corrected chi connectivity index (χ2v) is 4.14. The van der Waals surface area contributed by atoms with Crippen LogP contribution in [0, 0.1) is 0 Å². The predicted octanol–water partition coefficient (Wildman–Crippen LogP) is 4.30. The van der Waals surface area contributed by atoms with E-state index in [0.29, 0.717) is 11.8 Å². The van der Waals surface area contributed by atoms with Crippen LogP contribution in [0.2, 0.25) is 0 Å². The number of aromatic nitrogens is 3. The molecule has 0 fully saturated rings. The van der Waals surface area contributed by atoms with Gasteiger partial charge in [0.25, 0.3) is 0 Å². The third-order valence-electron chi connectivity index (χ3n) is 2.56. The fourth-order valence-corrected chi connectivity index (χ4v) is 1.40. The molecule has 0 aromatic carbocycles. The van der Waals surface area contributed by atoms with Gasteiger partial charge in [-0.1, -0.05) is 26.0 Å². The fourth-order valence-electron chi connectivity index (χ4n) is 1.40. The summed E-state index contributed by atoms with van der Waals surface area (Å²) in [5.74, 6) is 2.12. The molecular weight excluding hydrogens is 330 g/mol. The first kappa shape index (κ1) is 22.9. The molecule has 0 aliphatic carbocycles. The van der Waals surface area contributed by atoms with Crippen LogP contribution >= 0.6 is 0 Å². The summed E-state index contributed by atoms with van der Waals surface area (Å²) in [5.41, 5.74) is 0. The van der Waals surface area contributed by atoms with Crippen molar-refractivity contribution in [2.45, 2.75) is 13.8 Å². The van der Waals surface area contributed by atoms with Gasteiger partial charge in [-0.15, -0.1) is 0 Å². The summed E-state index contributed by atoms with van der Waals surface area (Å²) in [5, 5.41) is 0. The van der Waals surface area contributed by atoms with Crippen molar-refractivity contribution in [2.24, 2.45) is 0 Å². The van der Waals surface area contributed by atoms with Crippen molar-refractivity contribution >= 4 is 0 Å². The second kappa shape index (κ2) is 16.7. The van der Waals surface area contributed by atoms with Gasteiger partial charge in [0, 0.05) is 30.7 Å². The van der Waals surface area contributed by atoms with E-state index >= 15 is 0 Å². The van der Waals surface area contributed by atoms with Crippen LogP contribution in [0.4, 0.5) is 0 Å². The van der Waals surface area contributed by atoms with Crippen molar-refractivity contribution in [1.82, 2.24) is 15.0 Å². The molecular formula is C20H27N3O3. The number of methoxy groups -OCH3 is 3. The normalized spacial score (nSPS) is 8.19. The highest BCUT2D eigenvalue weighted by Crippen LogP contribution is 2.03. The molecule has 0 spiro atoms. The molecule has 0 aliphatic rings. The summed E-state index contributed by atoms with van der Waals surface area (Å²) in [6, 6.07) is 14.8. The molecule has 0 unspecified atom stereocenters. The number of hydrogen-bond donors (Lipinski definition) is 0. The smallest absolute Gasteiger partial charge is 0.212 e. The Morgan fingerprint density at radius 1 is 0.615 bits per heavy atom. The van der Waals surface area contributed by atoms with Crippen molar-refractivity contribution in [1.29, 1.82) is 0 Å². The first-order valence-electron chi connectivity index (χ1n) is 8.14. The van der Waals surface area contributed by atoms with E-state index in [0.717, 1.165) is 5.75 Å². The Morgan fingerprint density at radius 2 is 1.15 bits per heavy atom. The van der Waals surface area contributed by atoms with Crippen molar-refractivity contribution < 1.29 is 14.2 Å². The van der Waals surface area contributed by atoms with E-state index in [-0.39, 0.29) is 0 Å². The fraction of sp³-hybridized carbons (Fsp3) is 0.250. The largest absolute Gasteiger partial charge is 0.495 e. The van der Waals surface area contributed by atoms with E-state index in [1.165, 1.54) is 0 Å². The molecule has 0 amide bonds. The Labute approximate surface area is 155 Å². The molecule has 0 aliphatic heterocycles. The lowest BCUT2D eigenvalue weighted by molar-refractivity contribution is 0.398. The standard InChI is InChI=1S/3C6H7NO.C2H6/c1-8-6-3-2-4-7-5-6;2*1-8-6-4-2-3-5-7-6;1-2/h3*2-5H,1H3;1-2H3. The van der Waals surface area contributed by atoms with Gasteiger partial charge >= 0.3 is 0 Å². The van der Waals surface area contributed by atoms with Gasteiger partial charge < -0.3 is 14.2 Å². The highest BCUT2D eigenvalue weighted by atomic mass is 16.5. The van der Waals surface area contributed by atoms with Crippen LogP contribution in [0.3, 0.4) is 0 Å². The topological polar surface area (TPSA) is 66.4 Å². The quantitative estimate of drug-likeness (QED) is 0.696. The summed E-state index contributed by atoms with van der Waals surface area (Å²) in [4.78, 5) is 11.6. The summed E-state index contributed by atoms with van der Waals surface area (Å²) in [7, 11) is 4.82. The summed E-state index contributed by atoms with van der Waals surface area (Å²) < 4.78 is 14.5. The van der Waals surface area contributed by atoms with E-state index in [4.69, 9.17) is 14.2 Å². The van der Waals surface area contributed by atoms with Crippen molar-refractivity contribution in [3.8, 4) is 17.5 Å². The van der Waals surface area contributed by atoms with Gasteiger partial charge in [-0.3, -0.25) is 4.98 Å². The van der Waals surface area contributed by atoms with Crippen molar-refractivity contribution in [3.63, 3.8) is 0 Å². The van der Waals surface area contributed by atoms with Gasteiger partial charge in [-0.25, -0.2) is 9.97 Å². The Hall–Kier alpha value is -3.15. The molecule has 0 radical (unpaired) electrons. The van der Waals surface area contributed by atoms with Gasteiger partial charge in [-0.05, 0) is 24.3 Å². The molecule has 6 nitrogen and oxygen atoms in total. The lowest BCUT2D eigenvalue weighted by Crippen LogP contribution is -1.83. The van der Waals surface area contributed by atoms with Crippen molar-refractivity contribution in [2.75, 3.05) is 21.3 Å². The molecule has 6 heteroatoms. The highest BCUT2D eigenvalue weighted by Gasteiger charge is 1.83. The Bertz CT molecular complexity index is 544. The second-order valence-electron chi connectivity index (χ2n) is 4.14. The number of pyridine rings is 3. The number of nitrogens with zero attached hydrogens (tertiary/aromatic N) is 3. The summed E-state index contributed by atoms with van der Waals surface area (Å²) in [6.07, 6.45) is 6.76. The number of ether oxygens (including phenoxy) is 3. The molecule has 3 heterocycles. The maximum absolute atomic E-state index is 4.85. The zero-order valence-electron chi connectivity index (χ0n) is 16.0. The Kier molecular flexibility index (Phi) is 14.7. The van der Waals surface area contributed by atoms with Crippen LogP contribution in [0.15, 0.2) is 73.3 Å². The molecule has 26 heavy (non-hydrogen) atoms. The molecule has 0 N–H and O–H groups in total. The minimum absolute atomic E-state index is 0.660. The van der Waals surface area contributed by atoms with Gasteiger partial charge in [0.15, 0.2) is 0 Å². The maximum atomic E-state index is 4.85. The third kappa shape index (κ3) is 11.4. The van der Waals surface area contributed by atoms with E-state index in [9.17, 15) is 0 Å². The molecule has 3 aromatic heterocycles. The Morgan fingerprint density at radius 3 is 1.38 bits per heavy atom. The molecule has 0 saturated heterocycles. The lowest BCUT2D eigenvalue weighted by Gasteiger charge is -1.93. The van der Waals surface area contributed by atoms with Crippen LogP contribution in [0.1, 0.15) is 13.8 Å². The van der Waals surface area contributed by atoms with E-state index in [1.54, 1.807) is 58.2 Å². The minimum atomic E-state index is 0.660. The van der Waals surface area contributed by atoms with E-state index in [2.05, 4.69) is 15.0 Å². The first-order chi connectivity index (χ1) is 12.8. The molecule has 3 aromatic rings. The van der Waals surface area contributed by atoms with Crippen LogP contribution < -0.4 is 14.2 Å². The van der Waals surface area contributed by atoms with E-state index < -0.39 is 0 Å².